The third-order valence-corrected chi connectivity index (χ3v) is 5.35. The lowest BCUT2D eigenvalue weighted by molar-refractivity contribution is -0.873. The van der Waals surface area contributed by atoms with Gasteiger partial charge in [0, 0.05) is 0 Å². The summed E-state index contributed by atoms with van der Waals surface area (Å²) < 4.78 is 33.7. The largest absolute Gasteiger partial charge is 0.756 e. The first-order valence-corrected chi connectivity index (χ1v) is 12.1. The van der Waals surface area contributed by atoms with Crippen molar-refractivity contribution in [2.45, 2.75) is 25.4 Å². The van der Waals surface area contributed by atoms with Gasteiger partial charge in [0.15, 0.2) is 0 Å². The van der Waals surface area contributed by atoms with Gasteiger partial charge >= 0.3 is 5.97 Å². The summed E-state index contributed by atoms with van der Waals surface area (Å²) >= 11 is 0. The molecule has 0 fully saturated rings. The fourth-order valence-electron chi connectivity index (χ4n) is 2.95. The Hall–Kier alpha value is -2.42. The third kappa shape index (κ3) is 11.8. The van der Waals surface area contributed by atoms with Crippen LogP contribution in [0, 0.1) is 0 Å². The van der Waals surface area contributed by atoms with E-state index in [1.165, 1.54) is 0 Å². The Morgan fingerprint density at radius 1 is 0.970 bits per heavy atom. The van der Waals surface area contributed by atoms with E-state index in [1.807, 2.05) is 51.5 Å². The van der Waals surface area contributed by atoms with Crippen LogP contribution < -0.4 is 14.4 Å². The molecule has 0 aliphatic heterocycles. The Morgan fingerprint density at radius 3 is 2.15 bits per heavy atom. The molecule has 182 valence electrons. The van der Waals surface area contributed by atoms with Gasteiger partial charge in [0.05, 0.1) is 40.8 Å². The fourth-order valence-corrected chi connectivity index (χ4v) is 3.87. The molecular formula is C23H32NO8P. The minimum Gasteiger partial charge on any atom is -0.756 e. The number of carboxylic acid groups (broad SMARTS) is 1. The second-order valence-corrected chi connectivity index (χ2v) is 9.88. The highest BCUT2D eigenvalue weighted by molar-refractivity contribution is 7.45. The quantitative estimate of drug-likeness (QED) is 0.233. The van der Waals surface area contributed by atoms with Gasteiger partial charge in [-0.2, -0.15) is 0 Å². The fraction of sp³-hybridized carbons (Fsp3) is 0.435. The number of likely N-dealkylation sites (N-methyl/N-ethyl adjacent to an activating group) is 1. The highest BCUT2D eigenvalue weighted by atomic mass is 31.2. The molecule has 2 aromatic carbocycles. The molecule has 0 aromatic heterocycles. The summed E-state index contributed by atoms with van der Waals surface area (Å²) in [6.07, 6.45) is -0.416. The normalized spacial score (nSPS) is 14.3. The Morgan fingerprint density at radius 2 is 1.55 bits per heavy atom. The number of benzene rings is 2. The lowest BCUT2D eigenvalue weighted by Crippen LogP contribution is -2.43. The molecular weight excluding hydrogens is 449 g/mol. The molecule has 33 heavy (non-hydrogen) atoms. The van der Waals surface area contributed by atoms with Crippen molar-refractivity contribution in [2.24, 2.45) is 0 Å². The van der Waals surface area contributed by atoms with Crippen molar-refractivity contribution < 1.29 is 42.4 Å². The first-order valence-electron chi connectivity index (χ1n) is 10.6. The molecule has 0 heterocycles. The predicted octanol–water partition coefficient (Wildman–Crippen LogP) is 3.69. The van der Waals surface area contributed by atoms with Crippen molar-refractivity contribution in [3.8, 4) is 17.2 Å². The topological polar surface area (TPSA) is 114 Å². The second kappa shape index (κ2) is 12.7. The van der Waals surface area contributed by atoms with E-state index in [4.69, 9.17) is 23.6 Å². The van der Waals surface area contributed by atoms with E-state index in [0.717, 1.165) is 5.75 Å². The van der Waals surface area contributed by atoms with Crippen LogP contribution in [0.1, 0.15) is 19.3 Å². The maximum absolute atomic E-state index is 12.1. The summed E-state index contributed by atoms with van der Waals surface area (Å²) in [6, 6.07) is 16.7. The monoisotopic (exact) mass is 481 g/mol. The molecule has 0 amide bonds. The van der Waals surface area contributed by atoms with Crippen LogP contribution in [0.25, 0.3) is 0 Å². The zero-order valence-electron chi connectivity index (χ0n) is 19.2. The number of hydrogen-bond acceptors (Lipinski definition) is 7. The molecule has 1 N–H and O–H groups in total. The summed E-state index contributed by atoms with van der Waals surface area (Å²) in [6.45, 7) is 0.526. The highest BCUT2D eigenvalue weighted by Gasteiger charge is 2.26. The van der Waals surface area contributed by atoms with E-state index in [2.05, 4.69) is 0 Å². The first-order chi connectivity index (χ1) is 15.5. The van der Waals surface area contributed by atoms with Gasteiger partial charge in [0.1, 0.15) is 29.9 Å². The Balaban J connectivity index is 1.67. The average Bonchev–Trinajstić information content (AvgIpc) is 2.70. The van der Waals surface area contributed by atoms with Gasteiger partial charge in [-0.25, -0.2) is 0 Å². The standard InChI is InChI=1S/C23H32NO8P/c1-24(2,3)18-22(17-23(25)26)32-33(27,28)30-16-8-7-15-29-19-11-13-21(14-12-19)31-20-9-5-4-6-10-20/h4-6,9-14,22H,7-8,15-18H2,1-3H3,(H-,25,26,27,28)/t22-/m1/s1. The zero-order chi connectivity index (χ0) is 24.3. The van der Waals surface area contributed by atoms with Gasteiger partial charge in [-0.1, -0.05) is 18.2 Å². The first kappa shape index (κ1) is 26.8. The summed E-state index contributed by atoms with van der Waals surface area (Å²) in [5, 5.41) is 8.99. The molecule has 9 nitrogen and oxygen atoms in total. The molecule has 1 unspecified atom stereocenters. The molecule has 2 atom stereocenters. The number of aliphatic carboxylic acids is 1. The lowest BCUT2D eigenvalue weighted by Gasteiger charge is -2.32. The average molecular weight is 481 g/mol. The van der Waals surface area contributed by atoms with Crippen LogP contribution in [-0.2, 0) is 18.4 Å². The van der Waals surface area contributed by atoms with Crippen LogP contribution in [0.4, 0.5) is 0 Å². The number of nitrogens with zero attached hydrogens (tertiary/aromatic N) is 1. The molecule has 0 saturated carbocycles. The van der Waals surface area contributed by atoms with Gasteiger partial charge < -0.3 is 33.0 Å². The molecule has 0 bridgehead atoms. The zero-order valence-corrected chi connectivity index (χ0v) is 20.1. The number of para-hydroxylation sites is 1. The number of rotatable bonds is 15. The molecule has 0 saturated heterocycles. The number of ether oxygens (including phenoxy) is 2. The smallest absolute Gasteiger partial charge is 0.306 e. The van der Waals surface area contributed by atoms with Gasteiger partial charge in [0.25, 0.3) is 7.82 Å². The Kier molecular flexibility index (Phi) is 10.3. The van der Waals surface area contributed by atoms with Crippen molar-refractivity contribution in [1.29, 1.82) is 0 Å². The summed E-state index contributed by atoms with van der Waals surface area (Å²) in [7, 11) is 0.844. The van der Waals surface area contributed by atoms with E-state index in [1.54, 1.807) is 24.3 Å². The summed E-state index contributed by atoms with van der Waals surface area (Å²) in [5.74, 6) is 0.980. The van der Waals surface area contributed by atoms with Crippen LogP contribution in [0.15, 0.2) is 54.6 Å². The van der Waals surface area contributed by atoms with E-state index in [9.17, 15) is 14.3 Å². The SMILES string of the molecule is C[N+](C)(C)C[C@@H](CC(=O)O)OP(=O)([O-])OCCCCOc1ccc(Oc2ccccc2)cc1. The highest BCUT2D eigenvalue weighted by Crippen LogP contribution is 2.40. The van der Waals surface area contributed by atoms with Crippen molar-refractivity contribution >= 4 is 13.8 Å². The molecule has 2 aromatic rings. The summed E-state index contributed by atoms with van der Waals surface area (Å²) in [5.41, 5.74) is 0. The van der Waals surface area contributed by atoms with Crippen molar-refractivity contribution in [2.75, 3.05) is 40.9 Å². The van der Waals surface area contributed by atoms with E-state index >= 15 is 0 Å². The van der Waals surface area contributed by atoms with Crippen LogP contribution in [0.5, 0.6) is 17.2 Å². The second-order valence-electron chi connectivity index (χ2n) is 8.52. The van der Waals surface area contributed by atoms with E-state index in [0.29, 0.717) is 35.4 Å². The van der Waals surface area contributed by atoms with Crippen LogP contribution in [0.2, 0.25) is 0 Å². The minimum atomic E-state index is -4.61. The van der Waals surface area contributed by atoms with Crippen LogP contribution >= 0.6 is 7.82 Å². The number of hydrogen-bond donors (Lipinski definition) is 1. The number of quaternary nitrogens is 1. The number of carboxylic acids is 1. The van der Waals surface area contributed by atoms with Crippen molar-refractivity contribution in [3.05, 3.63) is 54.6 Å². The van der Waals surface area contributed by atoms with Crippen LogP contribution in [0.3, 0.4) is 0 Å². The molecule has 0 radical (unpaired) electrons. The number of carbonyl (C=O) groups is 1. The maximum atomic E-state index is 12.1. The summed E-state index contributed by atoms with van der Waals surface area (Å²) in [4.78, 5) is 23.1. The molecule has 0 aliphatic rings. The van der Waals surface area contributed by atoms with Gasteiger partial charge in [-0.15, -0.1) is 0 Å². The number of phosphoric acid groups is 1. The van der Waals surface area contributed by atoms with E-state index < -0.39 is 26.3 Å². The van der Waals surface area contributed by atoms with Gasteiger partial charge in [-0.05, 0) is 49.2 Å². The molecule has 2 rings (SSSR count). The van der Waals surface area contributed by atoms with Crippen molar-refractivity contribution in [3.63, 3.8) is 0 Å². The number of phosphoric ester groups is 1. The molecule has 10 heteroatoms. The lowest BCUT2D eigenvalue weighted by atomic mass is 10.2. The van der Waals surface area contributed by atoms with Gasteiger partial charge in [-0.3, -0.25) is 9.36 Å². The molecule has 0 spiro atoms. The predicted molar refractivity (Wildman–Crippen MR) is 121 cm³/mol. The van der Waals surface area contributed by atoms with E-state index in [-0.39, 0.29) is 13.2 Å². The van der Waals surface area contributed by atoms with Gasteiger partial charge in [0.2, 0.25) is 0 Å². The Labute approximate surface area is 194 Å². The number of unbranched alkanes of at least 4 members (excludes halogenated alkanes) is 1. The van der Waals surface area contributed by atoms with Crippen LogP contribution in [-0.4, -0.2) is 62.6 Å². The minimum absolute atomic E-state index is 0.0713. The molecule has 0 aliphatic carbocycles. The van der Waals surface area contributed by atoms with Crippen molar-refractivity contribution in [1.82, 2.24) is 0 Å². The maximum Gasteiger partial charge on any atom is 0.306 e. The Bertz CT molecular complexity index is 899. The third-order valence-electron chi connectivity index (χ3n) is 4.29.